The fourth-order valence-corrected chi connectivity index (χ4v) is 17.9. The average Bonchev–Trinajstić information content (AvgIpc) is 0.688. The van der Waals surface area contributed by atoms with Crippen molar-refractivity contribution in [3.05, 3.63) is 394 Å². The molecule has 16 aromatic carbocycles. The molecule has 0 saturated heterocycles. The van der Waals surface area contributed by atoms with Crippen molar-refractivity contribution in [2.24, 2.45) is 0 Å². The summed E-state index contributed by atoms with van der Waals surface area (Å²) in [5.41, 5.74) is 28.0. The molecule has 10 heteroatoms. The summed E-state index contributed by atoms with van der Waals surface area (Å²) in [6.45, 7) is -0.685. The summed E-state index contributed by atoms with van der Waals surface area (Å²) in [5, 5.41) is 0. The van der Waals surface area contributed by atoms with Gasteiger partial charge in [0, 0.05) is 83.7 Å². The highest BCUT2D eigenvalue weighted by Crippen LogP contribution is 2.53. The van der Waals surface area contributed by atoms with Gasteiger partial charge in [0.15, 0.2) is 0 Å². The van der Waals surface area contributed by atoms with Gasteiger partial charge in [-0.1, -0.05) is 272 Å². The van der Waals surface area contributed by atoms with E-state index >= 15 is 8.78 Å². The lowest BCUT2D eigenvalue weighted by atomic mass is 9.31. The van der Waals surface area contributed by atoms with E-state index in [2.05, 4.69) is 365 Å². The first-order chi connectivity index (χ1) is 52.4. The van der Waals surface area contributed by atoms with Crippen LogP contribution in [0, 0.1) is 11.6 Å². The molecular formula is C96H63B2F2N5S. The molecule has 20 rings (SSSR count). The van der Waals surface area contributed by atoms with Crippen molar-refractivity contribution >= 4 is 143 Å². The van der Waals surface area contributed by atoms with Crippen molar-refractivity contribution < 1.29 is 8.78 Å². The molecule has 4 aliphatic heterocycles. The van der Waals surface area contributed by atoms with Crippen molar-refractivity contribution in [1.29, 1.82) is 0 Å². The van der Waals surface area contributed by atoms with Gasteiger partial charge in [-0.15, -0.1) is 0 Å². The van der Waals surface area contributed by atoms with Gasteiger partial charge < -0.3 is 24.5 Å². The molecule has 0 N–H and O–H groups in total. The number of fused-ring (bicyclic) bond motifs is 8. The van der Waals surface area contributed by atoms with Gasteiger partial charge in [0.25, 0.3) is 6.71 Å². The molecule has 0 radical (unpaired) electrons. The molecule has 16 aromatic rings. The molecule has 0 atom stereocenters. The molecule has 498 valence electrons. The topological polar surface area (TPSA) is 16.2 Å². The number of para-hydroxylation sites is 5. The SMILES string of the molecule is Fc1cccc(F)c1N1c2cc3c(cc2B2c4ccccc4N(c4ccccc4)c4cc(N(c5ccc(-c6ccccc6)cc5)c5cccc(-c6ccccc6)c5)cc1c42)B1c2ccccc2N(c2ccccc2)c2cc(N(c4ccc(-c5ccccc5)cc4)c4cccc(-c5ccccc5)c4)cc(c21)S3. The number of rotatable bonds is 13. The third-order valence-electron chi connectivity index (χ3n) is 21.3. The molecule has 5 nitrogen and oxygen atoms in total. The molecule has 0 bridgehead atoms. The predicted molar refractivity (Wildman–Crippen MR) is 441 cm³/mol. The van der Waals surface area contributed by atoms with E-state index in [1.165, 1.54) is 23.7 Å². The second-order valence-electron chi connectivity index (χ2n) is 27.4. The van der Waals surface area contributed by atoms with Gasteiger partial charge >= 0.3 is 0 Å². The molecule has 0 aromatic heterocycles. The van der Waals surface area contributed by atoms with Crippen LogP contribution in [0.5, 0.6) is 0 Å². The molecule has 106 heavy (non-hydrogen) atoms. The van der Waals surface area contributed by atoms with Gasteiger partial charge in [0.05, 0.1) is 5.69 Å². The first-order valence-electron chi connectivity index (χ1n) is 36.0. The zero-order chi connectivity index (χ0) is 70.3. The van der Waals surface area contributed by atoms with Crippen molar-refractivity contribution in [1.82, 2.24) is 0 Å². The molecule has 0 saturated carbocycles. The Hall–Kier alpha value is -13.1. The monoisotopic (exact) mass is 1380 g/mol. The van der Waals surface area contributed by atoms with E-state index in [1.807, 2.05) is 23.1 Å². The molecular weight excluding hydrogens is 1310 g/mol. The lowest BCUT2D eigenvalue weighted by Gasteiger charge is -2.46. The highest BCUT2D eigenvalue weighted by molar-refractivity contribution is 8.00. The second kappa shape index (κ2) is 26.0. The zero-order valence-electron chi connectivity index (χ0n) is 57.4. The minimum absolute atomic E-state index is 0.157. The van der Waals surface area contributed by atoms with Gasteiger partial charge in [0.1, 0.15) is 17.3 Å². The van der Waals surface area contributed by atoms with Crippen LogP contribution in [0.4, 0.5) is 94.1 Å². The molecule has 0 aliphatic carbocycles. The van der Waals surface area contributed by atoms with E-state index in [-0.39, 0.29) is 12.4 Å². The van der Waals surface area contributed by atoms with Crippen LogP contribution in [0.25, 0.3) is 44.5 Å². The zero-order valence-corrected chi connectivity index (χ0v) is 58.2. The van der Waals surface area contributed by atoms with Crippen LogP contribution >= 0.6 is 11.8 Å². The molecule has 0 amide bonds. The maximum Gasteiger partial charge on any atom is 0.252 e. The Morgan fingerprint density at radius 2 is 0.594 bits per heavy atom. The normalized spacial score (nSPS) is 12.7. The fraction of sp³-hybridized carbons (Fsp3) is 0. The summed E-state index contributed by atoms with van der Waals surface area (Å²) >= 11 is 1.73. The average molecular weight is 1380 g/mol. The third-order valence-corrected chi connectivity index (χ3v) is 22.5. The minimum atomic E-state index is -0.677. The Labute approximate surface area is 620 Å². The Morgan fingerprint density at radius 1 is 0.226 bits per heavy atom. The van der Waals surface area contributed by atoms with Gasteiger partial charge in [-0.3, -0.25) is 0 Å². The number of anilines is 15. The first kappa shape index (κ1) is 62.6. The summed E-state index contributed by atoms with van der Waals surface area (Å²) in [4.78, 5) is 13.5. The van der Waals surface area contributed by atoms with E-state index in [4.69, 9.17) is 0 Å². The Balaban J connectivity index is 0.843. The van der Waals surface area contributed by atoms with Crippen LogP contribution in [0.2, 0.25) is 0 Å². The Kier molecular flexibility index (Phi) is 15.3. The van der Waals surface area contributed by atoms with E-state index in [0.717, 1.165) is 150 Å². The van der Waals surface area contributed by atoms with Crippen LogP contribution < -0.4 is 57.3 Å². The van der Waals surface area contributed by atoms with Gasteiger partial charge in [0.2, 0.25) is 6.71 Å². The fourth-order valence-electron chi connectivity index (χ4n) is 16.7. The van der Waals surface area contributed by atoms with E-state index < -0.39 is 18.3 Å². The summed E-state index contributed by atoms with van der Waals surface area (Å²) in [5.74, 6) is -1.35. The summed E-state index contributed by atoms with van der Waals surface area (Å²) in [6.07, 6.45) is 0. The molecule has 4 aliphatic rings. The minimum Gasteiger partial charge on any atom is -0.311 e. The number of hydrogen-bond acceptors (Lipinski definition) is 6. The number of nitrogens with zero attached hydrogens (tertiary/aromatic N) is 5. The van der Waals surface area contributed by atoms with Crippen LogP contribution in [0.15, 0.2) is 392 Å². The Morgan fingerprint density at radius 3 is 1.07 bits per heavy atom. The maximum atomic E-state index is 18.0. The summed E-state index contributed by atoms with van der Waals surface area (Å²) < 4.78 is 36.1. The largest absolute Gasteiger partial charge is 0.311 e. The third kappa shape index (κ3) is 10.6. The van der Waals surface area contributed by atoms with Crippen LogP contribution in [-0.4, -0.2) is 13.4 Å². The van der Waals surface area contributed by atoms with Crippen LogP contribution in [-0.2, 0) is 0 Å². The number of benzene rings is 16. The molecule has 0 unspecified atom stereocenters. The van der Waals surface area contributed by atoms with Crippen molar-refractivity contribution in [3.8, 4) is 44.5 Å². The maximum absolute atomic E-state index is 18.0. The lowest BCUT2D eigenvalue weighted by molar-refractivity contribution is 0.586. The van der Waals surface area contributed by atoms with E-state index in [9.17, 15) is 0 Å². The van der Waals surface area contributed by atoms with Gasteiger partial charge in [-0.2, -0.15) is 0 Å². The van der Waals surface area contributed by atoms with E-state index in [1.54, 1.807) is 11.8 Å². The van der Waals surface area contributed by atoms with E-state index in [0.29, 0.717) is 11.4 Å². The van der Waals surface area contributed by atoms with Gasteiger partial charge in [-0.05, 0) is 199 Å². The lowest BCUT2D eigenvalue weighted by Crippen LogP contribution is -2.64. The highest BCUT2D eigenvalue weighted by atomic mass is 32.2. The summed E-state index contributed by atoms with van der Waals surface area (Å²) in [7, 11) is 0. The standard InChI is InChI=1S/C96H63B2F2N5S/c99-84-44-25-45-85(100)96(84)105-88-63-92-83(98-81-43-20-22-47-87(81)104(73-38-17-6-18-39-73)91-60-79(61-93(106-92)95(91)98)102(75-54-50-69(51-55-75)65-28-9-2-10-29-65)77-41-24-35-71(57-77)67-32-13-4-14-33-67)62-82(88)97-80-42-19-21-46-86(80)103(72-36-15-5-16-37-72)89-58-78(59-90(105)94(89)97)101(74-52-48-68(49-53-74)64-26-7-1-8-27-64)76-40-23-34-70(56-76)66-30-11-3-12-31-66/h1-63H. The smallest absolute Gasteiger partial charge is 0.252 e. The predicted octanol–water partition coefficient (Wildman–Crippen LogP) is 22.4. The number of halogens is 2. The van der Waals surface area contributed by atoms with Crippen molar-refractivity contribution in [3.63, 3.8) is 0 Å². The quantitative estimate of drug-likeness (QED) is 0.106. The summed E-state index contributed by atoms with van der Waals surface area (Å²) in [6, 6.07) is 134. The van der Waals surface area contributed by atoms with Gasteiger partial charge in [-0.25, -0.2) is 8.78 Å². The first-order valence-corrected chi connectivity index (χ1v) is 36.8. The Bertz CT molecular complexity index is 6040. The van der Waals surface area contributed by atoms with Crippen molar-refractivity contribution in [2.75, 3.05) is 24.5 Å². The highest BCUT2D eigenvalue weighted by Gasteiger charge is 2.48. The number of hydrogen-bond donors (Lipinski definition) is 0. The van der Waals surface area contributed by atoms with Crippen molar-refractivity contribution in [2.45, 2.75) is 9.79 Å². The molecule has 0 fully saturated rings. The molecule has 0 spiro atoms. The van der Waals surface area contributed by atoms with Crippen LogP contribution in [0.1, 0.15) is 0 Å². The second-order valence-corrected chi connectivity index (χ2v) is 28.5. The van der Waals surface area contributed by atoms with Crippen LogP contribution in [0.3, 0.4) is 0 Å². The molecule has 4 heterocycles.